The Bertz CT molecular complexity index is 751. The maximum Gasteiger partial charge on any atom is 0.151 e. The summed E-state index contributed by atoms with van der Waals surface area (Å²) < 4.78 is 7.73. The number of hydrogen-bond donors (Lipinski definition) is 0. The van der Waals surface area contributed by atoms with Crippen molar-refractivity contribution in [3.63, 3.8) is 0 Å². The van der Waals surface area contributed by atoms with Gasteiger partial charge < -0.3 is 9.09 Å². The SMILES string of the molecule is c1ccc(-c2cc(CN3CCC[C@@H](Cn4ccnc4)C3)on2)cc1. The van der Waals surface area contributed by atoms with E-state index in [4.69, 9.17) is 4.52 Å². The summed E-state index contributed by atoms with van der Waals surface area (Å²) in [5.41, 5.74) is 2.02. The number of aromatic nitrogens is 3. The van der Waals surface area contributed by atoms with Gasteiger partial charge in [0.05, 0.1) is 12.9 Å². The van der Waals surface area contributed by atoms with Crippen molar-refractivity contribution in [1.82, 2.24) is 19.6 Å². The number of rotatable bonds is 5. The summed E-state index contributed by atoms with van der Waals surface area (Å²) in [6, 6.07) is 12.2. The van der Waals surface area contributed by atoms with E-state index < -0.39 is 0 Å². The van der Waals surface area contributed by atoms with Crippen molar-refractivity contribution in [3.05, 3.63) is 60.9 Å². The smallest absolute Gasteiger partial charge is 0.151 e. The summed E-state index contributed by atoms with van der Waals surface area (Å²) in [6.07, 6.45) is 8.31. The molecule has 5 heteroatoms. The first-order chi connectivity index (χ1) is 11.9. The van der Waals surface area contributed by atoms with Crippen molar-refractivity contribution >= 4 is 0 Å². The molecule has 3 heterocycles. The Kier molecular flexibility index (Phi) is 4.42. The molecule has 0 aliphatic carbocycles. The minimum absolute atomic E-state index is 0.671. The lowest BCUT2D eigenvalue weighted by molar-refractivity contribution is 0.143. The molecule has 1 aliphatic heterocycles. The molecule has 1 atom stereocenters. The van der Waals surface area contributed by atoms with E-state index in [1.165, 1.54) is 12.8 Å². The lowest BCUT2D eigenvalue weighted by Crippen LogP contribution is -2.36. The molecular formula is C19H22N4O. The first kappa shape index (κ1) is 15.1. The van der Waals surface area contributed by atoms with E-state index in [1.807, 2.05) is 36.9 Å². The fourth-order valence-corrected chi connectivity index (χ4v) is 3.49. The lowest BCUT2D eigenvalue weighted by atomic mass is 9.98. The Morgan fingerprint density at radius 3 is 2.96 bits per heavy atom. The van der Waals surface area contributed by atoms with Crippen molar-refractivity contribution in [2.75, 3.05) is 13.1 Å². The van der Waals surface area contributed by atoms with Crippen LogP contribution in [0, 0.1) is 5.92 Å². The molecular weight excluding hydrogens is 300 g/mol. The third-order valence-corrected chi connectivity index (χ3v) is 4.64. The van der Waals surface area contributed by atoms with Crippen LogP contribution in [0.5, 0.6) is 0 Å². The molecule has 0 radical (unpaired) electrons. The van der Waals surface area contributed by atoms with Crippen LogP contribution >= 0.6 is 0 Å². The van der Waals surface area contributed by atoms with Crippen LogP contribution in [0.2, 0.25) is 0 Å². The summed E-state index contributed by atoms with van der Waals surface area (Å²) in [6.45, 7) is 4.10. The third-order valence-electron chi connectivity index (χ3n) is 4.64. The van der Waals surface area contributed by atoms with E-state index >= 15 is 0 Å². The maximum absolute atomic E-state index is 5.56. The quantitative estimate of drug-likeness (QED) is 0.722. The third kappa shape index (κ3) is 3.57. The van der Waals surface area contributed by atoms with Crippen molar-refractivity contribution in [3.8, 4) is 11.3 Å². The van der Waals surface area contributed by atoms with Crippen molar-refractivity contribution in [1.29, 1.82) is 0 Å². The fourth-order valence-electron chi connectivity index (χ4n) is 3.49. The Labute approximate surface area is 141 Å². The van der Waals surface area contributed by atoms with E-state index in [-0.39, 0.29) is 0 Å². The highest BCUT2D eigenvalue weighted by molar-refractivity contribution is 5.58. The van der Waals surface area contributed by atoms with E-state index in [1.54, 1.807) is 0 Å². The molecule has 1 aliphatic rings. The standard InChI is InChI=1S/C19H22N4O/c1-2-6-17(7-3-1)19-11-18(24-21-19)14-22-9-4-5-16(12-22)13-23-10-8-20-15-23/h1-3,6-8,10-11,15-16H,4-5,9,12-14H2/t16-/m1/s1. The van der Waals surface area contributed by atoms with Gasteiger partial charge in [-0.15, -0.1) is 0 Å². The first-order valence-corrected chi connectivity index (χ1v) is 8.56. The molecule has 4 rings (SSSR count). The number of likely N-dealkylation sites (tertiary alicyclic amines) is 1. The molecule has 0 unspecified atom stereocenters. The van der Waals surface area contributed by atoms with Crippen LogP contribution in [0.3, 0.4) is 0 Å². The number of hydrogen-bond acceptors (Lipinski definition) is 4. The van der Waals surface area contributed by atoms with Gasteiger partial charge in [0.2, 0.25) is 0 Å². The summed E-state index contributed by atoms with van der Waals surface area (Å²) in [7, 11) is 0. The van der Waals surface area contributed by atoms with Crippen molar-refractivity contribution < 1.29 is 4.52 Å². The minimum atomic E-state index is 0.671. The molecule has 0 N–H and O–H groups in total. The predicted octanol–water partition coefficient (Wildman–Crippen LogP) is 3.45. The Morgan fingerprint density at radius 1 is 1.21 bits per heavy atom. The number of nitrogens with zero attached hydrogens (tertiary/aromatic N) is 4. The zero-order chi connectivity index (χ0) is 16.2. The van der Waals surface area contributed by atoms with Gasteiger partial charge in [0, 0.05) is 37.1 Å². The maximum atomic E-state index is 5.56. The molecule has 24 heavy (non-hydrogen) atoms. The average molecular weight is 322 g/mol. The van der Waals surface area contributed by atoms with Crippen LogP contribution in [0.4, 0.5) is 0 Å². The molecule has 0 saturated carbocycles. The van der Waals surface area contributed by atoms with Crippen molar-refractivity contribution in [2.24, 2.45) is 5.92 Å². The monoisotopic (exact) mass is 322 g/mol. The zero-order valence-corrected chi connectivity index (χ0v) is 13.7. The second-order valence-corrected chi connectivity index (χ2v) is 6.55. The van der Waals surface area contributed by atoms with Gasteiger partial charge in [-0.2, -0.15) is 0 Å². The van der Waals surface area contributed by atoms with Crippen LogP contribution in [0.1, 0.15) is 18.6 Å². The van der Waals surface area contributed by atoms with E-state index in [2.05, 4.69) is 37.8 Å². The fraction of sp³-hybridized carbons (Fsp3) is 0.368. The highest BCUT2D eigenvalue weighted by Gasteiger charge is 2.21. The topological polar surface area (TPSA) is 47.1 Å². The summed E-state index contributed by atoms with van der Waals surface area (Å²) in [5, 5.41) is 4.22. The zero-order valence-electron chi connectivity index (χ0n) is 13.7. The molecule has 1 saturated heterocycles. The molecule has 0 bridgehead atoms. The van der Waals surface area contributed by atoms with Crippen LogP contribution in [-0.4, -0.2) is 32.7 Å². The lowest BCUT2D eigenvalue weighted by Gasteiger charge is -2.32. The average Bonchev–Trinajstić information content (AvgIpc) is 3.28. The van der Waals surface area contributed by atoms with E-state index in [0.717, 1.165) is 43.2 Å². The number of imidazole rings is 1. The molecule has 0 amide bonds. The van der Waals surface area contributed by atoms with Crippen LogP contribution in [0.15, 0.2) is 59.6 Å². The molecule has 0 spiro atoms. The number of piperidine rings is 1. The van der Waals surface area contributed by atoms with Gasteiger partial charge in [0.1, 0.15) is 5.69 Å². The van der Waals surface area contributed by atoms with Gasteiger partial charge in [-0.1, -0.05) is 35.5 Å². The van der Waals surface area contributed by atoms with Gasteiger partial charge in [-0.25, -0.2) is 4.98 Å². The normalized spacial score (nSPS) is 18.8. The van der Waals surface area contributed by atoms with E-state index in [9.17, 15) is 0 Å². The Hall–Kier alpha value is -2.40. The molecule has 1 aromatic carbocycles. The summed E-state index contributed by atoms with van der Waals surface area (Å²) >= 11 is 0. The Morgan fingerprint density at radius 2 is 2.12 bits per heavy atom. The molecule has 3 aromatic rings. The van der Waals surface area contributed by atoms with Gasteiger partial charge in [-0.05, 0) is 25.3 Å². The van der Waals surface area contributed by atoms with Gasteiger partial charge in [0.25, 0.3) is 0 Å². The minimum Gasteiger partial charge on any atom is -0.359 e. The van der Waals surface area contributed by atoms with Gasteiger partial charge in [-0.3, -0.25) is 4.90 Å². The van der Waals surface area contributed by atoms with Crippen LogP contribution < -0.4 is 0 Å². The van der Waals surface area contributed by atoms with Crippen LogP contribution in [-0.2, 0) is 13.1 Å². The second kappa shape index (κ2) is 7.01. The molecule has 124 valence electrons. The molecule has 5 nitrogen and oxygen atoms in total. The second-order valence-electron chi connectivity index (χ2n) is 6.55. The predicted molar refractivity (Wildman–Crippen MR) is 92.2 cm³/mol. The Balaban J connectivity index is 1.37. The van der Waals surface area contributed by atoms with Crippen molar-refractivity contribution in [2.45, 2.75) is 25.9 Å². The van der Waals surface area contributed by atoms with Gasteiger partial charge >= 0.3 is 0 Å². The first-order valence-electron chi connectivity index (χ1n) is 8.56. The summed E-state index contributed by atoms with van der Waals surface area (Å²) in [4.78, 5) is 6.60. The number of benzene rings is 1. The highest BCUT2D eigenvalue weighted by Crippen LogP contribution is 2.23. The molecule has 2 aromatic heterocycles. The molecule has 1 fully saturated rings. The highest BCUT2D eigenvalue weighted by atomic mass is 16.5. The largest absolute Gasteiger partial charge is 0.359 e. The van der Waals surface area contributed by atoms with Crippen LogP contribution in [0.25, 0.3) is 11.3 Å². The van der Waals surface area contributed by atoms with E-state index in [0.29, 0.717) is 5.92 Å². The van der Waals surface area contributed by atoms with Gasteiger partial charge in [0.15, 0.2) is 5.76 Å². The summed E-state index contributed by atoms with van der Waals surface area (Å²) in [5.74, 6) is 1.61.